The first kappa shape index (κ1) is 16.3. The van der Waals surface area contributed by atoms with Crippen molar-refractivity contribution in [2.45, 2.75) is 45.4 Å². The summed E-state index contributed by atoms with van der Waals surface area (Å²) in [4.78, 5) is 25.1. The summed E-state index contributed by atoms with van der Waals surface area (Å²) in [6.07, 6.45) is -0.240. The lowest BCUT2D eigenvalue weighted by atomic mass is 9.91. The summed E-state index contributed by atoms with van der Waals surface area (Å²) in [6, 6.07) is 7.32. The first-order chi connectivity index (χ1) is 10.2. The minimum absolute atomic E-state index is 0.269. The molecule has 0 radical (unpaired) electrons. The van der Waals surface area contributed by atoms with Crippen LogP contribution >= 0.6 is 0 Å². The van der Waals surface area contributed by atoms with Gasteiger partial charge in [0.1, 0.15) is 6.54 Å². The van der Waals surface area contributed by atoms with Crippen molar-refractivity contribution >= 4 is 17.7 Å². The van der Waals surface area contributed by atoms with Crippen molar-refractivity contribution in [3.63, 3.8) is 0 Å². The van der Waals surface area contributed by atoms with Gasteiger partial charge in [-0.2, -0.15) is 0 Å². The summed E-state index contributed by atoms with van der Waals surface area (Å²) < 4.78 is 5.25. The van der Waals surface area contributed by atoms with E-state index in [0.29, 0.717) is 12.1 Å². The van der Waals surface area contributed by atoms with Crippen LogP contribution in [0.2, 0.25) is 0 Å². The lowest BCUT2D eigenvalue weighted by Crippen LogP contribution is -2.56. The van der Waals surface area contributed by atoms with E-state index in [9.17, 15) is 14.7 Å². The number of aryl methyl sites for hydroxylation is 1. The van der Waals surface area contributed by atoms with Gasteiger partial charge in [0.2, 0.25) is 5.91 Å². The minimum Gasteiger partial charge on any atom is -0.438 e. The molecule has 1 aromatic carbocycles. The van der Waals surface area contributed by atoms with Crippen LogP contribution in [-0.2, 0) is 9.53 Å². The number of nitrogens with zero attached hydrogens (tertiary/aromatic N) is 1. The quantitative estimate of drug-likeness (QED) is 0.894. The second-order valence-corrected chi connectivity index (χ2v) is 5.97. The van der Waals surface area contributed by atoms with Crippen LogP contribution < -0.4 is 5.32 Å². The van der Waals surface area contributed by atoms with Gasteiger partial charge in [0.15, 0.2) is 11.3 Å². The molecular formula is C16H22N2O4. The number of cyclic esters (lactones) is 1. The van der Waals surface area contributed by atoms with E-state index >= 15 is 0 Å². The Morgan fingerprint density at radius 3 is 2.41 bits per heavy atom. The first-order valence-electron chi connectivity index (χ1n) is 7.29. The Morgan fingerprint density at radius 1 is 1.32 bits per heavy atom. The molecule has 1 aromatic rings. The summed E-state index contributed by atoms with van der Waals surface area (Å²) in [6.45, 7) is 6.64. The second kappa shape index (κ2) is 5.61. The van der Waals surface area contributed by atoms with Crippen molar-refractivity contribution in [1.29, 1.82) is 0 Å². The summed E-state index contributed by atoms with van der Waals surface area (Å²) >= 11 is 0. The van der Waals surface area contributed by atoms with E-state index in [1.54, 1.807) is 19.1 Å². The fraction of sp³-hybridized carbons (Fsp3) is 0.500. The average molecular weight is 306 g/mol. The van der Waals surface area contributed by atoms with Crippen molar-refractivity contribution in [2.24, 2.45) is 0 Å². The van der Waals surface area contributed by atoms with Gasteiger partial charge in [-0.05, 0) is 39.3 Å². The number of benzene rings is 1. The smallest absolute Gasteiger partial charge is 0.413 e. The average Bonchev–Trinajstić information content (AvgIpc) is 2.62. The molecule has 1 fully saturated rings. The number of carbonyl (C=O) groups is 2. The third-order valence-electron chi connectivity index (χ3n) is 4.37. The maximum absolute atomic E-state index is 12.1. The number of rotatable bonds is 4. The number of nitrogens with one attached hydrogen (secondary N) is 1. The third-order valence-corrected chi connectivity index (χ3v) is 4.37. The SMILES string of the molecule is CCC1(C)OC(=O)N(CC(=O)Nc2ccc(C)cc2)C1(C)O. The van der Waals surface area contributed by atoms with Crippen LogP contribution in [0.15, 0.2) is 24.3 Å². The maximum atomic E-state index is 12.1. The van der Waals surface area contributed by atoms with Gasteiger partial charge in [-0.25, -0.2) is 4.79 Å². The molecule has 1 heterocycles. The van der Waals surface area contributed by atoms with Crippen molar-refractivity contribution in [2.75, 3.05) is 11.9 Å². The normalized spacial score (nSPS) is 27.7. The molecule has 2 rings (SSSR count). The molecular weight excluding hydrogens is 284 g/mol. The Hall–Kier alpha value is -2.08. The summed E-state index contributed by atoms with van der Waals surface area (Å²) in [5, 5.41) is 13.3. The van der Waals surface area contributed by atoms with E-state index in [1.807, 2.05) is 26.0 Å². The van der Waals surface area contributed by atoms with Crippen LogP contribution in [0.5, 0.6) is 0 Å². The molecule has 0 spiro atoms. The number of ether oxygens (including phenoxy) is 1. The number of amides is 2. The van der Waals surface area contributed by atoms with Gasteiger partial charge in [0.25, 0.3) is 0 Å². The number of carbonyl (C=O) groups excluding carboxylic acids is 2. The van der Waals surface area contributed by atoms with Crippen molar-refractivity contribution < 1.29 is 19.4 Å². The zero-order chi connectivity index (χ0) is 16.5. The third kappa shape index (κ3) is 2.78. The molecule has 6 nitrogen and oxygen atoms in total. The second-order valence-electron chi connectivity index (χ2n) is 5.97. The highest BCUT2D eigenvalue weighted by Gasteiger charge is 2.58. The fourth-order valence-corrected chi connectivity index (χ4v) is 2.41. The molecule has 0 aliphatic carbocycles. The largest absolute Gasteiger partial charge is 0.438 e. The molecule has 22 heavy (non-hydrogen) atoms. The number of hydrogen-bond acceptors (Lipinski definition) is 4. The zero-order valence-electron chi connectivity index (χ0n) is 13.3. The molecule has 1 aliphatic heterocycles. The van der Waals surface area contributed by atoms with Crippen LogP contribution in [-0.4, -0.2) is 39.9 Å². The monoisotopic (exact) mass is 306 g/mol. The molecule has 1 saturated heterocycles. The molecule has 2 N–H and O–H groups in total. The van der Waals surface area contributed by atoms with Crippen LogP contribution in [0.1, 0.15) is 32.8 Å². The van der Waals surface area contributed by atoms with Gasteiger partial charge < -0.3 is 15.2 Å². The van der Waals surface area contributed by atoms with Crippen molar-refractivity contribution in [1.82, 2.24) is 4.90 Å². The molecule has 6 heteroatoms. The van der Waals surface area contributed by atoms with E-state index in [0.717, 1.165) is 10.5 Å². The topological polar surface area (TPSA) is 78.9 Å². The lowest BCUT2D eigenvalue weighted by Gasteiger charge is -2.36. The highest BCUT2D eigenvalue weighted by Crippen LogP contribution is 2.39. The molecule has 1 aliphatic rings. The maximum Gasteiger partial charge on any atom is 0.413 e. The van der Waals surface area contributed by atoms with E-state index < -0.39 is 17.4 Å². The molecule has 2 unspecified atom stereocenters. The highest BCUT2D eigenvalue weighted by molar-refractivity contribution is 5.94. The van der Waals surface area contributed by atoms with Gasteiger partial charge in [0.05, 0.1) is 0 Å². The van der Waals surface area contributed by atoms with Crippen molar-refractivity contribution in [3.05, 3.63) is 29.8 Å². The van der Waals surface area contributed by atoms with E-state index in [1.165, 1.54) is 6.92 Å². The van der Waals surface area contributed by atoms with Crippen LogP contribution in [0.25, 0.3) is 0 Å². The first-order valence-corrected chi connectivity index (χ1v) is 7.29. The van der Waals surface area contributed by atoms with E-state index in [4.69, 9.17) is 4.74 Å². The lowest BCUT2D eigenvalue weighted by molar-refractivity contribution is -0.143. The van der Waals surface area contributed by atoms with Crippen LogP contribution in [0, 0.1) is 6.92 Å². The van der Waals surface area contributed by atoms with Gasteiger partial charge in [-0.15, -0.1) is 0 Å². The van der Waals surface area contributed by atoms with Crippen LogP contribution in [0.4, 0.5) is 10.5 Å². The van der Waals surface area contributed by atoms with Gasteiger partial charge in [-0.3, -0.25) is 9.69 Å². The summed E-state index contributed by atoms with van der Waals surface area (Å²) in [5.74, 6) is -0.388. The van der Waals surface area contributed by atoms with Gasteiger partial charge in [-0.1, -0.05) is 24.6 Å². The molecule has 0 aromatic heterocycles. The van der Waals surface area contributed by atoms with Gasteiger partial charge in [0, 0.05) is 5.69 Å². The Bertz CT molecular complexity index is 582. The molecule has 120 valence electrons. The Kier molecular flexibility index (Phi) is 4.15. The Morgan fingerprint density at radius 2 is 1.91 bits per heavy atom. The highest BCUT2D eigenvalue weighted by atomic mass is 16.6. The summed E-state index contributed by atoms with van der Waals surface area (Å²) in [7, 11) is 0. The van der Waals surface area contributed by atoms with Gasteiger partial charge >= 0.3 is 6.09 Å². The molecule has 0 saturated carbocycles. The molecule has 2 amide bonds. The number of anilines is 1. The van der Waals surface area contributed by atoms with Crippen LogP contribution in [0.3, 0.4) is 0 Å². The molecule has 0 bridgehead atoms. The summed E-state index contributed by atoms with van der Waals surface area (Å²) in [5.41, 5.74) is -0.846. The number of hydrogen-bond donors (Lipinski definition) is 2. The standard InChI is InChI=1S/C16H22N2O4/c1-5-15(3)16(4,21)18(14(20)22-15)10-13(19)17-12-8-6-11(2)7-9-12/h6-9,21H,5,10H2,1-4H3,(H,17,19). The fourth-order valence-electron chi connectivity index (χ4n) is 2.41. The number of aliphatic hydroxyl groups is 1. The zero-order valence-corrected chi connectivity index (χ0v) is 13.3. The van der Waals surface area contributed by atoms with E-state index in [-0.39, 0.29) is 12.5 Å². The van der Waals surface area contributed by atoms with Crippen molar-refractivity contribution in [3.8, 4) is 0 Å². The molecule has 2 atom stereocenters. The Balaban J connectivity index is 2.08. The van der Waals surface area contributed by atoms with E-state index in [2.05, 4.69) is 5.32 Å². The minimum atomic E-state index is -1.54. The predicted octanol–water partition coefficient (Wildman–Crippen LogP) is 2.26. The Labute approximate surface area is 130 Å². The predicted molar refractivity (Wildman–Crippen MR) is 82.3 cm³/mol.